The summed E-state index contributed by atoms with van der Waals surface area (Å²) in [5, 5.41) is 0. The predicted octanol–water partition coefficient (Wildman–Crippen LogP) is 3.27. The Kier molecular flexibility index (Phi) is 4.36. The molecule has 0 spiro atoms. The lowest BCUT2D eigenvalue weighted by Crippen LogP contribution is -2.39. The van der Waals surface area contributed by atoms with Crippen LogP contribution in [0, 0.1) is 0 Å². The summed E-state index contributed by atoms with van der Waals surface area (Å²) in [6.45, 7) is 2.12. The number of aromatic nitrogens is 2. The van der Waals surface area contributed by atoms with Gasteiger partial charge in [0.15, 0.2) is 0 Å². The van der Waals surface area contributed by atoms with Crippen LogP contribution in [-0.4, -0.2) is 41.2 Å². The number of hydrogen-bond acceptors (Lipinski definition) is 3. The summed E-state index contributed by atoms with van der Waals surface area (Å²) in [5.74, 6) is 2.17. The van der Waals surface area contributed by atoms with Gasteiger partial charge in [-0.25, -0.2) is 4.98 Å². The van der Waals surface area contributed by atoms with E-state index in [1.165, 1.54) is 25.8 Å². The minimum Gasteiger partial charge on any atom is -0.494 e. The fraction of sp³-hybridized carbons (Fsp3) is 0.562. The number of ether oxygens (including phenoxy) is 1. The number of piperidine rings is 1. The number of hydrogen-bond donors (Lipinski definition) is 0. The minimum atomic E-state index is 0.425. The summed E-state index contributed by atoms with van der Waals surface area (Å²) >= 11 is 6.12. The van der Waals surface area contributed by atoms with Crippen molar-refractivity contribution in [1.29, 1.82) is 0 Å². The fourth-order valence-electron chi connectivity index (χ4n) is 3.23. The highest BCUT2D eigenvalue weighted by Gasteiger charge is 2.22. The molecule has 1 unspecified atom stereocenters. The van der Waals surface area contributed by atoms with Gasteiger partial charge < -0.3 is 14.2 Å². The van der Waals surface area contributed by atoms with Gasteiger partial charge >= 0.3 is 0 Å². The van der Waals surface area contributed by atoms with Gasteiger partial charge in [-0.05, 0) is 38.6 Å². The van der Waals surface area contributed by atoms with Crippen molar-refractivity contribution in [3.63, 3.8) is 0 Å². The zero-order valence-corrected chi connectivity index (χ0v) is 13.4. The van der Waals surface area contributed by atoms with E-state index in [9.17, 15) is 0 Å². The number of alkyl halides is 1. The van der Waals surface area contributed by atoms with Crippen molar-refractivity contribution < 1.29 is 4.74 Å². The Morgan fingerprint density at radius 3 is 2.95 bits per heavy atom. The van der Waals surface area contributed by atoms with Crippen LogP contribution >= 0.6 is 11.6 Å². The predicted molar refractivity (Wildman–Crippen MR) is 86.1 cm³/mol. The molecule has 1 aromatic carbocycles. The summed E-state index contributed by atoms with van der Waals surface area (Å²) in [4.78, 5) is 7.13. The number of halogens is 1. The van der Waals surface area contributed by atoms with Gasteiger partial charge in [-0.1, -0.05) is 12.5 Å². The molecule has 2 aromatic rings. The third-order valence-corrected chi connectivity index (χ3v) is 4.71. The molecule has 0 saturated carbocycles. The summed E-state index contributed by atoms with van der Waals surface area (Å²) in [6, 6.07) is 6.63. The largest absolute Gasteiger partial charge is 0.494 e. The topological polar surface area (TPSA) is 30.3 Å². The number of para-hydroxylation sites is 1. The first-order valence-electron chi connectivity index (χ1n) is 7.53. The Balaban J connectivity index is 2.00. The molecule has 0 N–H and O–H groups in total. The summed E-state index contributed by atoms with van der Waals surface area (Å²) in [6.07, 6.45) is 3.84. The lowest BCUT2D eigenvalue weighted by atomic mass is 10.0. The van der Waals surface area contributed by atoms with Crippen molar-refractivity contribution in [3.05, 3.63) is 24.0 Å². The Labute approximate surface area is 130 Å². The van der Waals surface area contributed by atoms with Crippen molar-refractivity contribution in [2.75, 3.05) is 20.7 Å². The summed E-state index contributed by atoms with van der Waals surface area (Å²) in [5.41, 5.74) is 2.03. The number of fused-ring (bicyclic) bond motifs is 1. The Morgan fingerprint density at radius 1 is 1.38 bits per heavy atom. The van der Waals surface area contributed by atoms with E-state index < -0.39 is 0 Å². The highest BCUT2D eigenvalue weighted by Crippen LogP contribution is 2.28. The molecule has 2 heterocycles. The molecule has 4 nitrogen and oxygen atoms in total. The summed E-state index contributed by atoms with van der Waals surface area (Å²) in [7, 11) is 3.90. The molecule has 21 heavy (non-hydrogen) atoms. The van der Waals surface area contributed by atoms with Crippen LogP contribution < -0.4 is 4.74 Å². The van der Waals surface area contributed by atoms with Gasteiger partial charge in [0, 0.05) is 12.6 Å². The molecule has 0 aliphatic carbocycles. The maximum absolute atomic E-state index is 6.12. The Bertz CT molecular complexity index is 625. The zero-order valence-electron chi connectivity index (χ0n) is 12.7. The normalized spacial score (nSPS) is 20.0. The lowest BCUT2D eigenvalue weighted by molar-refractivity contribution is 0.168. The molecule has 0 amide bonds. The summed E-state index contributed by atoms with van der Waals surface area (Å²) < 4.78 is 7.68. The van der Waals surface area contributed by atoms with E-state index in [4.69, 9.17) is 16.3 Å². The second-order valence-corrected chi connectivity index (χ2v) is 6.00. The van der Waals surface area contributed by atoms with Gasteiger partial charge in [-0.2, -0.15) is 0 Å². The number of rotatable bonds is 4. The van der Waals surface area contributed by atoms with E-state index in [1.807, 2.05) is 12.1 Å². The molecular weight excluding hydrogens is 286 g/mol. The van der Waals surface area contributed by atoms with E-state index in [0.717, 1.165) is 29.2 Å². The van der Waals surface area contributed by atoms with Crippen molar-refractivity contribution in [2.45, 2.75) is 37.7 Å². The molecule has 1 saturated heterocycles. The molecule has 3 rings (SSSR count). The van der Waals surface area contributed by atoms with Crippen LogP contribution in [0.15, 0.2) is 18.2 Å². The number of nitrogens with zero attached hydrogens (tertiary/aromatic N) is 3. The molecule has 1 fully saturated rings. The molecule has 5 heteroatoms. The minimum absolute atomic E-state index is 0.425. The van der Waals surface area contributed by atoms with Gasteiger partial charge in [0.1, 0.15) is 17.1 Å². The second kappa shape index (κ2) is 6.24. The van der Waals surface area contributed by atoms with E-state index in [2.05, 4.69) is 27.6 Å². The number of likely N-dealkylation sites (N-methyl/N-ethyl adjacent to an activating group) is 1. The van der Waals surface area contributed by atoms with E-state index in [1.54, 1.807) is 7.11 Å². The zero-order chi connectivity index (χ0) is 14.8. The first-order valence-corrected chi connectivity index (χ1v) is 8.06. The van der Waals surface area contributed by atoms with E-state index >= 15 is 0 Å². The van der Waals surface area contributed by atoms with Crippen LogP contribution in [0.3, 0.4) is 0 Å². The molecule has 0 radical (unpaired) electrons. The quantitative estimate of drug-likeness (QED) is 0.812. The van der Waals surface area contributed by atoms with Crippen LogP contribution in [0.2, 0.25) is 0 Å². The molecular formula is C16H22ClN3O. The maximum Gasteiger partial charge on any atom is 0.146 e. The van der Waals surface area contributed by atoms with Crippen LogP contribution in [0.4, 0.5) is 0 Å². The monoisotopic (exact) mass is 307 g/mol. The smallest absolute Gasteiger partial charge is 0.146 e. The van der Waals surface area contributed by atoms with Gasteiger partial charge in [0.05, 0.1) is 18.5 Å². The SMILES string of the molecule is COc1cccc2c1nc(CCl)n2CC1CCCCN1C. The highest BCUT2D eigenvalue weighted by molar-refractivity contribution is 6.16. The third kappa shape index (κ3) is 2.74. The van der Waals surface area contributed by atoms with Crippen molar-refractivity contribution >= 4 is 22.6 Å². The van der Waals surface area contributed by atoms with Gasteiger partial charge in [0.25, 0.3) is 0 Å². The number of methoxy groups -OCH3 is 1. The second-order valence-electron chi connectivity index (χ2n) is 5.73. The number of imidazole rings is 1. The van der Waals surface area contributed by atoms with Crippen LogP contribution in [0.1, 0.15) is 25.1 Å². The average Bonchev–Trinajstić information content (AvgIpc) is 2.87. The van der Waals surface area contributed by atoms with Crippen molar-refractivity contribution in [1.82, 2.24) is 14.5 Å². The molecule has 1 atom stereocenters. The van der Waals surface area contributed by atoms with Gasteiger partial charge in [0.2, 0.25) is 0 Å². The van der Waals surface area contributed by atoms with Crippen LogP contribution in [-0.2, 0) is 12.4 Å². The standard InChI is InChI=1S/C16H22ClN3O/c1-19-9-4-3-6-12(19)11-20-13-7-5-8-14(21-2)16(13)18-15(20)10-17/h5,7-8,12H,3-4,6,9-11H2,1-2H3. The van der Waals surface area contributed by atoms with E-state index in [0.29, 0.717) is 11.9 Å². The first kappa shape index (κ1) is 14.7. The first-order chi connectivity index (χ1) is 10.2. The molecule has 1 aromatic heterocycles. The lowest BCUT2D eigenvalue weighted by Gasteiger charge is -2.33. The molecule has 0 bridgehead atoms. The van der Waals surface area contributed by atoms with Crippen molar-refractivity contribution in [2.24, 2.45) is 0 Å². The number of benzene rings is 1. The van der Waals surface area contributed by atoms with Crippen molar-refractivity contribution in [3.8, 4) is 5.75 Å². The van der Waals surface area contributed by atoms with Gasteiger partial charge in [-0.15, -0.1) is 11.6 Å². The van der Waals surface area contributed by atoms with Crippen LogP contribution in [0.5, 0.6) is 5.75 Å². The third-order valence-electron chi connectivity index (χ3n) is 4.48. The van der Waals surface area contributed by atoms with Gasteiger partial charge in [-0.3, -0.25) is 0 Å². The Morgan fingerprint density at radius 2 is 2.24 bits per heavy atom. The highest BCUT2D eigenvalue weighted by atomic mass is 35.5. The molecule has 114 valence electrons. The number of likely N-dealkylation sites (tertiary alicyclic amines) is 1. The maximum atomic E-state index is 6.12. The van der Waals surface area contributed by atoms with Crippen LogP contribution in [0.25, 0.3) is 11.0 Å². The molecule has 1 aliphatic rings. The molecule has 1 aliphatic heterocycles. The fourth-order valence-corrected chi connectivity index (χ4v) is 3.43. The Hall–Kier alpha value is -1.26. The average molecular weight is 308 g/mol. The van der Waals surface area contributed by atoms with E-state index in [-0.39, 0.29) is 0 Å².